The minimum Gasteiger partial charge on any atom is -0.299 e. The Labute approximate surface area is 75.5 Å². The molecule has 0 radical (unpaired) electrons. The lowest BCUT2D eigenvalue weighted by Gasteiger charge is -2.48. The lowest BCUT2D eigenvalue weighted by atomic mass is 9.55. The normalized spacial score (nSPS) is 33.4. The van der Waals surface area contributed by atoms with Crippen molar-refractivity contribution in [3.05, 3.63) is 0 Å². The third kappa shape index (κ3) is 1.10. The van der Waals surface area contributed by atoms with E-state index in [9.17, 15) is 4.79 Å². The fourth-order valence-electron chi connectivity index (χ4n) is 2.00. The van der Waals surface area contributed by atoms with Crippen LogP contribution in [0.4, 0.5) is 0 Å². The first-order valence-electron chi connectivity index (χ1n) is 4.83. The van der Waals surface area contributed by atoms with Crippen molar-refractivity contribution < 1.29 is 4.79 Å². The molecule has 0 N–H and O–H groups in total. The maximum atomic E-state index is 11.7. The molecule has 1 unspecified atom stereocenters. The van der Waals surface area contributed by atoms with Crippen LogP contribution >= 0.6 is 0 Å². The topological polar surface area (TPSA) is 17.1 Å². The summed E-state index contributed by atoms with van der Waals surface area (Å²) in [5.74, 6) is 1.09. The van der Waals surface area contributed by atoms with Gasteiger partial charge in [-0.25, -0.2) is 0 Å². The van der Waals surface area contributed by atoms with E-state index in [2.05, 4.69) is 34.6 Å². The summed E-state index contributed by atoms with van der Waals surface area (Å²) in [6.45, 7) is 10.9. The van der Waals surface area contributed by atoms with Crippen LogP contribution in [0.1, 0.15) is 47.5 Å². The Morgan fingerprint density at radius 2 is 1.75 bits per heavy atom. The smallest absolute Gasteiger partial charge is 0.139 e. The van der Waals surface area contributed by atoms with Crippen LogP contribution in [-0.2, 0) is 4.79 Å². The molecule has 1 saturated carbocycles. The minimum absolute atomic E-state index is 0.134. The van der Waals surface area contributed by atoms with Crippen LogP contribution in [0, 0.1) is 16.7 Å². The van der Waals surface area contributed by atoms with Crippen molar-refractivity contribution in [2.24, 2.45) is 16.7 Å². The van der Waals surface area contributed by atoms with E-state index in [1.807, 2.05) is 0 Å². The van der Waals surface area contributed by atoms with Gasteiger partial charge in [0.25, 0.3) is 0 Å². The van der Waals surface area contributed by atoms with Crippen molar-refractivity contribution in [3.63, 3.8) is 0 Å². The predicted octanol–water partition coefficient (Wildman–Crippen LogP) is 3.04. The molecule has 1 fully saturated rings. The minimum atomic E-state index is -0.134. The molecule has 1 atom stereocenters. The van der Waals surface area contributed by atoms with Crippen LogP contribution < -0.4 is 0 Å². The number of Topliss-reactive ketones (excluding diaryl/α,β-unsaturated/α-hetero) is 1. The van der Waals surface area contributed by atoms with Gasteiger partial charge in [-0.2, -0.15) is 0 Å². The highest BCUT2D eigenvalue weighted by molar-refractivity contribution is 5.85. The van der Waals surface area contributed by atoms with Gasteiger partial charge in [-0.15, -0.1) is 0 Å². The van der Waals surface area contributed by atoms with Crippen molar-refractivity contribution in [1.29, 1.82) is 0 Å². The molecule has 0 amide bonds. The van der Waals surface area contributed by atoms with Crippen LogP contribution in [0.2, 0.25) is 0 Å². The molecule has 1 nitrogen and oxygen atoms in total. The fraction of sp³-hybridized carbons (Fsp3) is 0.909. The van der Waals surface area contributed by atoms with E-state index in [-0.39, 0.29) is 10.8 Å². The third-order valence-electron chi connectivity index (χ3n) is 4.34. The SMILES string of the molecule is CC1CCC(=O)C(C)(C)C1(C)C. The van der Waals surface area contributed by atoms with E-state index in [1.165, 1.54) is 0 Å². The Morgan fingerprint density at radius 1 is 1.25 bits per heavy atom. The highest BCUT2D eigenvalue weighted by atomic mass is 16.1. The Balaban J connectivity index is 3.00. The number of hydrogen-bond donors (Lipinski definition) is 0. The van der Waals surface area contributed by atoms with E-state index in [4.69, 9.17) is 0 Å². The van der Waals surface area contributed by atoms with Gasteiger partial charge in [-0.3, -0.25) is 4.79 Å². The number of ketones is 1. The Kier molecular flexibility index (Phi) is 2.10. The van der Waals surface area contributed by atoms with E-state index >= 15 is 0 Å². The summed E-state index contributed by atoms with van der Waals surface area (Å²) in [6, 6.07) is 0. The average Bonchev–Trinajstić information content (AvgIpc) is 1.96. The molecule has 0 aromatic carbocycles. The summed E-state index contributed by atoms with van der Waals surface area (Å²) in [7, 11) is 0. The Hall–Kier alpha value is -0.330. The number of carbonyl (C=O) groups excluding carboxylic acids is 1. The monoisotopic (exact) mass is 168 g/mol. The number of rotatable bonds is 0. The zero-order chi connectivity index (χ0) is 9.57. The maximum absolute atomic E-state index is 11.7. The lowest BCUT2D eigenvalue weighted by molar-refractivity contribution is -0.141. The molecule has 12 heavy (non-hydrogen) atoms. The van der Waals surface area contributed by atoms with Gasteiger partial charge in [0.15, 0.2) is 0 Å². The maximum Gasteiger partial charge on any atom is 0.139 e. The lowest BCUT2D eigenvalue weighted by Crippen LogP contribution is -2.47. The van der Waals surface area contributed by atoms with Gasteiger partial charge < -0.3 is 0 Å². The third-order valence-corrected chi connectivity index (χ3v) is 4.34. The highest BCUT2D eigenvalue weighted by Crippen LogP contribution is 2.50. The second kappa shape index (κ2) is 2.58. The van der Waals surface area contributed by atoms with Crippen LogP contribution in [0.15, 0.2) is 0 Å². The number of carbonyl (C=O) groups is 1. The average molecular weight is 168 g/mol. The Morgan fingerprint density at radius 3 is 2.17 bits per heavy atom. The molecule has 1 heteroatoms. The van der Waals surface area contributed by atoms with E-state index in [0.29, 0.717) is 11.7 Å². The molecule has 0 heterocycles. The van der Waals surface area contributed by atoms with Crippen molar-refractivity contribution in [3.8, 4) is 0 Å². The summed E-state index contributed by atoms with van der Waals surface area (Å²) in [4.78, 5) is 11.7. The molecule has 1 aliphatic rings. The van der Waals surface area contributed by atoms with Gasteiger partial charge in [0.05, 0.1) is 0 Å². The summed E-state index contributed by atoms with van der Waals surface area (Å²) in [6.07, 6.45) is 1.84. The van der Waals surface area contributed by atoms with E-state index < -0.39 is 0 Å². The second-order valence-corrected chi connectivity index (χ2v) is 5.21. The first-order chi connectivity index (χ1) is 5.30. The van der Waals surface area contributed by atoms with Gasteiger partial charge in [-0.05, 0) is 17.8 Å². The van der Waals surface area contributed by atoms with Crippen LogP contribution in [0.3, 0.4) is 0 Å². The summed E-state index contributed by atoms with van der Waals surface area (Å²) in [5.41, 5.74) is 0.0208. The molecule has 0 bridgehead atoms. The summed E-state index contributed by atoms with van der Waals surface area (Å²) >= 11 is 0. The van der Waals surface area contributed by atoms with Gasteiger partial charge >= 0.3 is 0 Å². The molecule has 1 aliphatic carbocycles. The van der Waals surface area contributed by atoms with Gasteiger partial charge in [-0.1, -0.05) is 34.6 Å². The molecular formula is C11H20O. The molecule has 0 aromatic rings. The molecule has 0 aromatic heterocycles. The van der Waals surface area contributed by atoms with Crippen LogP contribution in [0.25, 0.3) is 0 Å². The first kappa shape index (κ1) is 9.76. The summed E-state index contributed by atoms with van der Waals surface area (Å²) < 4.78 is 0. The van der Waals surface area contributed by atoms with Crippen molar-refractivity contribution in [2.75, 3.05) is 0 Å². The van der Waals surface area contributed by atoms with Crippen molar-refractivity contribution in [1.82, 2.24) is 0 Å². The van der Waals surface area contributed by atoms with Gasteiger partial charge in [0.1, 0.15) is 5.78 Å². The largest absolute Gasteiger partial charge is 0.299 e. The first-order valence-corrected chi connectivity index (χ1v) is 4.83. The van der Waals surface area contributed by atoms with E-state index in [0.717, 1.165) is 12.8 Å². The molecular weight excluding hydrogens is 148 g/mol. The van der Waals surface area contributed by atoms with Crippen LogP contribution in [0.5, 0.6) is 0 Å². The molecule has 70 valence electrons. The van der Waals surface area contributed by atoms with Gasteiger partial charge in [0, 0.05) is 11.8 Å². The molecule has 0 saturated heterocycles. The highest BCUT2D eigenvalue weighted by Gasteiger charge is 2.48. The van der Waals surface area contributed by atoms with Crippen molar-refractivity contribution in [2.45, 2.75) is 47.5 Å². The zero-order valence-corrected chi connectivity index (χ0v) is 8.90. The quantitative estimate of drug-likeness (QED) is 0.543. The molecule has 0 aliphatic heterocycles. The molecule has 0 spiro atoms. The predicted molar refractivity (Wildman–Crippen MR) is 51.0 cm³/mol. The van der Waals surface area contributed by atoms with Crippen molar-refractivity contribution >= 4 is 5.78 Å². The number of hydrogen-bond acceptors (Lipinski definition) is 1. The molecule has 1 rings (SSSR count). The van der Waals surface area contributed by atoms with E-state index in [1.54, 1.807) is 0 Å². The summed E-state index contributed by atoms with van der Waals surface area (Å²) in [5, 5.41) is 0. The standard InChI is InChI=1S/C11H20O/c1-8-6-7-9(12)11(4,5)10(8,2)3/h8H,6-7H2,1-5H3. The Bertz CT molecular complexity index is 201. The fourth-order valence-corrected chi connectivity index (χ4v) is 2.00. The van der Waals surface area contributed by atoms with Crippen LogP contribution in [-0.4, -0.2) is 5.78 Å². The second-order valence-electron chi connectivity index (χ2n) is 5.21. The zero-order valence-electron chi connectivity index (χ0n) is 8.90. The van der Waals surface area contributed by atoms with Gasteiger partial charge in [0.2, 0.25) is 0 Å².